The Kier molecular flexibility index (Phi) is 4.79. The number of nitrogens with two attached hydrogens (primary N) is 1. The Bertz CT molecular complexity index is 1180. The molecule has 0 radical (unpaired) electrons. The molecule has 4 aliphatic rings. The third-order valence-electron chi connectivity index (χ3n) is 7.82. The Labute approximate surface area is 198 Å². The lowest BCUT2D eigenvalue weighted by atomic mass is 9.90. The molecule has 7 rings (SSSR count). The van der Waals surface area contributed by atoms with E-state index in [4.69, 9.17) is 35.0 Å². The first-order chi connectivity index (χ1) is 16.7. The van der Waals surface area contributed by atoms with Crippen molar-refractivity contribution in [1.29, 1.82) is 0 Å². The molecule has 3 aliphatic heterocycles. The predicted molar refractivity (Wildman–Crippen MR) is 127 cm³/mol. The zero-order valence-corrected chi connectivity index (χ0v) is 19.2. The molecular formula is C25H30N6O3. The zero-order valence-electron chi connectivity index (χ0n) is 19.2. The van der Waals surface area contributed by atoms with Gasteiger partial charge in [-0.25, -0.2) is 14.6 Å². The van der Waals surface area contributed by atoms with Crippen LogP contribution in [0.5, 0.6) is 0 Å². The van der Waals surface area contributed by atoms with Crippen LogP contribution in [0.3, 0.4) is 0 Å². The van der Waals surface area contributed by atoms with Crippen LogP contribution in [0.4, 0.5) is 11.5 Å². The van der Waals surface area contributed by atoms with Crippen LogP contribution in [0.15, 0.2) is 30.5 Å². The Balaban J connectivity index is 1.29. The fourth-order valence-electron chi connectivity index (χ4n) is 6.04. The molecule has 5 heterocycles. The van der Waals surface area contributed by atoms with E-state index in [1.165, 1.54) is 0 Å². The van der Waals surface area contributed by atoms with Gasteiger partial charge in [-0.15, -0.1) is 0 Å². The zero-order chi connectivity index (χ0) is 22.7. The van der Waals surface area contributed by atoms with Crippen LogP contribution in [0, 0.1) is 0 Å². The summed E-state index contributed by atoms with van der Waals surface area (Å²) in [5.74, 6) is 1.28. The van der Waals surface area contributed by atoms with Gasteiger partial charge in [0.1, 0.15) is 5.82 Å². The highest BCUT2D eigenvalue weighted by Crippen LogP contribution is 2.42. The van der Waals surface area contributed by atoms with E-state index < -0.39 is 0 Å². The molecule has 9 nitrogen and oxygen atoms in total. The van der Waals surface area contributed by atoms with Crippen molar-refractivity contribution >= 4 is 22.5 Å². The summed E-state index contributed by atoms with van der Waals surface area (Å²) in [7, 11) is 0. The minimum atomic E-state index is -0.387. The number of anilines is 2. The van der Waals surface area contributed by atoms with Gasteiger partial charge in [0, 0.05) is 37.2 Å². The largest absolute Gasteiger partial charge is 0.399 e. The molecule has 2 N–H and O–H groups in total. The van der Waals surface area contributed by atoms with Gasteiger partial charge >= 0.3 is 0 Å². The van der Waals surface area contributed by atoms with Gasteiger partial charge in [0.15, 0.2) is 17.3 Å². The number of morpholine rings is 1. The van der Waals surface area contributed by atoms with Gasteiger partial charge in [-0.05, 0) is 49.9 Å². The molecule has 2 atom stereocenters. The third-order valence-corrected chi connectivity index (χ3v) is 7.82. The predicted octanol–water partition coefficient (Wildman–Crippen LogP) is 3.30. The summed E-state index contributed by atoms with van der Waals surface area (Å²) < 4.78 is 20.1. The van der Waals surface area contributed by atoms with Crippen LogP contribution in [-0.2, 0) is 14.2 Å². The summed E-state index contributed by atoms with van der Waals surface area (Å²) in [5.41, 5.74) is 8.51. The number of nitrogens with zero attached hydrogens (tertiary/aromatic N) is 5. The molecule has 4 fully saturated rings. The molecule has 2 unspecified atom stereocenters. The van der Waals surface area contributed by atoms with Crippen LogP contribution in [0.1, 0.15) is 44.6 Å². The first-order valence-corrected chi connectivity index (χ1v) is 12.5. The lowest BCUT2D eigenvalue weighted by molar-refractivity contribution is -0.181. The van der Waals surface area contributed by atoms with Crippen LogP contribution in [0.25, 0.3) is 22.4 Å². The Morgan fingerprint density at radius 1 is 0.912 bits per heavy atom. The lowest BCUT2D eigenvalue weighted by Crippen LogP contribution is -2.43. The van der Waals surface area contributed by atoms with Gasteiger partial charge in [-0.1, -0.05) is 0 Å². The van der Waals surface area contributed by atoms with Crippen LogP contribution >= 0.6 is 0 Å². The summed E-state index contributed by atoms with van der Waals surface area (Å²) in [5, 5.41) is 5.86. The van der Waals surface area contributed by atoms with E-state index in [-0.39, 0.29) is 24.0 Å². The van der Waals surface area contributed by atoms with Crippen molar-refractivity contribution in [1.82, 2.24) is 19.7 Å². The lowest BCUT2D eigenvalue weighted by Gasteiger charge is -2.35. The summed E-state index contributed by atoms with van der Waals surface area (Å²) in [6.07, 6.45) is 8.41. The van der Waals surface area contributed by atoms with E-state index in [1.54, 1.807) is 0 Å². The van der Waals surface area contributed by atoms with Crippen molar-refractivity contribution in [2.75, 3.05) is 36.9 Å². The first-order valence-electron chi connectivity index (χ1n) is 12.5. The average molecular weight is 463 g/mol. The maximum absolute atomic E-state index is 6.09. The Morgan fingerprint density at radius 3 is 2.32 bits per heavy atom. The van der Waals surface area contributed by atoms with Crippen molar-refractivity contribution in [2.45, 2.75) is 62.6 Å². The van der Waals surface area contributed by atoms with Gasteiger partial charge in [0.05, 0.1) is 43.0 Å². The number of rotatable bonds is 3. The molecular weight excluding hydrogens is 432 g/mol. The molecule has 2 aromatic heterocycles. The molecule has 3 aromatic rings. The number of aromatic nitrogens is 4. The second kappa shape index (κ2) is 7.90. The average Bonchev–Trinajstić information content (AvgIpc) is 3.58. The fourth-order valence-corrected chi connectivity index (χ4v) is 6.04. The van der Waals surface area contributed by atoms with Crippen molar-refractivity contribution in [2.24, 2.45) is 0 Å². The molecule has 1 spiro atoms. The van der Waals surface area contributed by atoms with E-state index in [2.05, 4.69) is 9.58 Å². The van der Waals surface area contributed by atoms with E-state index >= 15 is 0 Å². The van der Waals surface area contributed by atoms with Crippen molar-refractivity contribution in [3.63, 3.8) is 0 Å². The van der Waals surface area contributed by atoms with Gasteiger partial charge in [-0.2, -0.15) is 5.10 Å². The van der Waals surface area contributed by atoms with Gasteiger partial charge in [0.2, 0.25) is 0 Å². The summed E-state index contributed by atoms with van der Waals surface area (Å²) in [4.78, 5) is 12.5. The van der Waals surface area contributed by atoms with E-state index in [0.717, 1.165) is 79.7 Å². The number of nitrogen functional groups attached to an aromatic ring is 1. The fraction of sp³-hybridized carbons (Fsp3) is 0.560. The molecule has 3 saturated heterocycles. The van der Waals surface area contributed by atoms with Crippen LogP contribution in [0.2, 0.25) is 0 Å². The number of ether oxygens (including phenoxy) is 3. The molecule has 2 bridgehead atoms. The van der Waals surface area contributed by atoms with Gasteiger partial charge in [0.25, 0.3) is 0 Å². The maximum Gasteiger partial charge on any atom is 0.168 e. The third kappa shape index (κ3) is 3.45. The normalized spacial score (nSPS) is 26.6. The molecule has 178 valence electrons. The summed E-state index contributed by atoms with van der Waals surface area (Å²) >= 11 is 0. The number of fused-ring (bicyclic) bond motifs is 3. The minimum absolute atomic E-state index is 0.263. The monoisotopic (exact) mass is 462 g/mol. The molecule has 1 aromatic carbocycles. The van der Waals surface area contributed by atoms with Crippen molar-refractivity contribution in [3.05, 3.63) is 30.5 Å². The van der Waals surface area contributed by atoms with Crippen molar-refractivity contribution in [3.8, 4) is 11.4 Å². The maximum atomic E-state index is 6.09. The first kappa shape index (κ1) is 20.6. The highest BCUT2D eigenvalue weighted by molar-refractivity contribution is 5.89. The second-order valence-corrected chi connectivity index (χ2v) is 10.0. The molecule has 0 amide bonds. The molecule has 1 saturated carbocycles. The van der Waals surface area contributed by atoms with Crippen LogP contribution < -0.4 is 10.6 Å². The smallest absolute Gasteiger partial charge is 0.168 e. The minimum Gasteiger partial charge on any atom is -0.399 e. The van der Waals surface area contributed by atoms with Crippen LogP contribution in [-0.4, -0.2) is 64.0 Å². The van der Waals surface area contributed by atoms with Crippen molar-refractivity contribution < 1.29 is 14.2 Å². The van der Waals surface area contributed by atoms with E-state index in [0.29, 0.717) is 19.0 Å². The Morgan fingerprint density at radius 2 is 1.62 bits per heavy atom. The number of hydrogen-bond acceptors (Lipinski definition) is 8. The van der Waals surface area contributed by atoms with Gasteiger partial charge in [-0.3, -0.25) is 0 Å². The molecule has 9 heteroatoms. The van der Waals surface area contributed by atoms with E-state index in [9.17, 15) is 0 Å². The highest BCUT2D eigenvalue weighted by atomic mass is 16.7. The standard InChI is InChI=1S/C25H30N6O3/c26-17-3-1-16(2-4-17)22-28-23(30-14-19-5-6-20(15-30)34-19)21-13-27-31(24(21)29-22)18-7-9-25(10-8-18)32-11-12-33-25/h1-4,13,18-20H,5-12,14-15,26H2. The second-order valence-electron chi connectivity index (χ2n) is 10.0. The van der Waals surface area contributed by atoms with E-state index in [1.807, 2.05) is 30.5 Å². The number of hydrogen-bond donors (Lipinski definition) is 1. The molecule has 34 heavy (non-hydrogen) atoms. The number of benzene rings is 1. The Hall–Kier alpha value is -2.75. The summed E-state index contributed by atoms with van der Waals surface area (Å²) in [6, 6.07) is 8.04. The summed E-state index contributed by atoms with van der Waals surface area (Å²) in [6.45, 7) is 3.10. The SMILES string of the molecule is Nc1ccc(-c2nc(N3CC4CCC(C3)O4)c3cnn(C4CCC5(CC4)OCCO5)c3n2)cc1. The molecule has 1 aliphatic carbocycles. The topological polar surface area (TPSA) is 101 Å². The highest BCUT2D eigenvalue weighted by Gasteiger charge is 2.41. The van der Waals surface area contributed by atoms with Gasteiger partial charge < -0.3 is 24.8 Å². The quantitative estimate of drug-likeness (QED) is 0.592.